The Morgan fingerprint density at radius 2 is 1.92 bits per heavy atom. The van der Waals surface area contributed by atoms with E-state index in [4.69, 9.17) is 0 Å². The van der Waals surface area contributed by atoms with Crippen molar-refractivity contribution < 1.29 is 19.5 Å². The van der Waals surface area contributed by atoms with Gasteiger partial charge in [0, 0.05) is 37.8 Å². The minimum absolute atomic E-state index is 0.0858. The normalized spacial score (nSPS) is 25.9. The predicted molar refractivity (Wildman–Crippen MR) is 91.4 cm³/mol. The number of nitrogens with zero attached hydrogens (tertiary/aromatic N) is 2. The van der Waals surface area contributed by atoms with E-state index in [-0.39, 0.29) is 17.7 Å². The van der Waals surface area contributed by atoms with Crippen LogP contribution in [0.2, 0.25) is 0 Å². The number of carboxylic acids is 1. The summed E-state index contributed by atoms with van der Waals surface area (Å²) in [4.78, 5) is 39.5. The highest BCUT2D eigenvalue weighted by molar-refractivity contribution is 5.99. The summed E-state index contributed by atoms with van der Waals surface area (Å²) in [5.41, 5.74) is 2.44. The molecule has 132 valence electrons. The Hall–Kier alpha value is -2.37. The minimum Gasteiger partial charge on any atom is -0.481 e. The van der Waals surface area contributed by atoms with Crippen molar-refractivity contribution in [2.45, 2.75) is 25.7 Å². The second-order valence-electron chi connectivity index (χ2n) is 7.45. The molecule has 4 rings (SSSR count). The predicted octanol–water partition coefficient (Wildman–Crippen LogP) is 1.78. The van der Waals surface area contributed by atoms with Crippen LogP contribution in [-0.2, 0) is 16.0 Å². The number of carbonyl (C=O) groups is 3. The lowest BCUT2D eigenvalue weighted by atomic mass is 9.92. The first-order chi connectivity index (χ1) is 12.0. The first kappa shape index (κ1) is 16.1. The van der Waals surface area contributed by atoms with Crippen molar-refractivity contribution in [1.29, 1.82) is 0 Å². The Morgan fingerprint density at radius 1 is 1.16 bits per heavy atom. The average Bonchev–Trinajstić information content (AvgIpc) is 3.35. The third-order valence-corrected chi connectivity index (χ3v) is 5.87. The highest BCUT2D eigenvalue weighted by Gasteiger charge is 2.47. The van der Waals surface area contributed by atoms with Gasteiger partial charge in [-0.1, -0.05) is 0 Å². The van der Waals surface area contributed by atoms with Gasteiger partial charge < -0.3 is 14.9 Å². The average molecular weight is 342 g/mol. The van der Waals surface area contributed by atoms with Gasteiger partial charge in [0.15, 0.2) is 0 Å². The Bertz CT molecular complexity index is 756. The van der Waals surface area contributed by atoms with E-state index in [1.807, 2.05) is 12.1 Å². The first-order valence-electron chi connectivity index (χ1n) is 8.87. The molecule has 1 aromatic rings. The number of likely N-dealkylation sites (tertiary alicyclic amines) is 1. The highest BCUT2D eigenvalue weighted by Crippen LogP contribution is 2.44. The molecule has 0 radical (unpaired) electrons. The number of carboxylic acid groups (broad SMARTS) is 1. The molecule has 0 aromatic heterocycles. The van der Waals surface area contributed by atoms with Gasteiger partial charge in [0.05, 0.1) is 5.92 Å². The fourth-order valence-electron chi connectivity index (χ4n) is 4.23. The molecule has 3 aliphatic rings. The van der Waals surface area contributed by atoms with E-state index in [0.717, 1.165) is 24.1 Å². The van der Waals surface area contributed by atoms with Gasteiger partial charge in [-0.15, -0.1) is 0 Å². The summed E-state index contributed by atoms with van der Waals surface area (Å²) in [6.45, 7) is 0.834. The zero-order valence-corrected chi connectivity index (χ0v) is 14.3. The molecule has 1 saturated carbocycles. The molecule has 6 heteroatoms. The largest absolute Gasteiger partial charge is 0.481 e. The van der Waals surface area contributed by atoms with Crippen LogP contribution in [0.3, 0.4) is 0 Å². The van der Waals surface area contributed by atoms with Crippen LogP contribution in [0, 0.1) is 17.8 Å². The maximum Gasteiger partial charge on any atom is 0.308 e. The number of aryl methyl sites for hydroxylation is 1. The van der Waals surface area contributed by atoms with Crippen molar-refractivity contribution in [3.05, 3.63) is 29.3 Å². The van der Waals surface area contributed by atoms with Gasteiger partial charge in [-0.3, -0.25) is 14.4 Å². The van der Waals surface area contributed by atoms with E-state index >= 15 is 0 Å². The van der Waals surface area contributed by atoms with Crippen molar-refractivity contribution in [2.24, 2.45) is 17.8 Å². The number of carbonyl (C=O) groups excluding carboxylic acids is 2. The summed E-state index contributed by atoms with van der Waals surface area (Å²) in [6, 6.07) is 5.43. The quantitative estimate of drug-likeness (QED) is 0.908. The van der Waals surface area contributed by atoms with Crippen LogP contribution in [0.25, 0.3) is 0 Å². The van der Waals surface area contributed by atoms with Crippen LogP contribution in [0.1, 0.15) is 35.2 Å². The number of rotatable bonds is 3. The van der Waals surface area contributed by atoms with Crippen molar-refractivity contribution >= 4 is 23.5 Å². The molecule has 0 spiro atoms. The smallest absolute Gasteiger partial charge is 0.308 e. The summed E-state index contributed by atoms with van der Waals surface area (Å²) < 4.78 is 0. The van der Waals surface area contributed by atoms with Gasteiger partial charge in [0.25, 0.3) is 5.91 Å². The molecular weight excluding hydrogens is 320 g/mol. The van der Waals surface area contributed by atoms with E-state index in [1.165, 1.54) is 0 Å². The third kappa shape index (κ3) is 2.79. The van der Waals surface area contributed by atoms with Crippen LogP contribution in [0.15, 0.2) is 18.2 Å². The van der Waals surface area contributed by atoms with Gasteiger partial charge in [-0.05, 0) is 54.9 Å². The highest BCUT2D eigenvalue weighted by atomic mass is 16.4. The zero-order valence-electron chi connectivity index (χ0n) is 14.3. The number of benzene rings is 1. The van der Waals surface area contributed by atoms with E-state index in [2.05, 4.69) is 0 Å². The van der Waals surface area contributed by atoms with Crippen LogP contribution in [0.4, 0.5) is 5.69 Å². The number of anilines is 1. The Morgan fingerprint density at radius 3 is 2.60 bits per heavy atom. The standard InChI is InChI=1S/C19H22N2O4/c1-20-16-6-4-13(8-12(16)5-7-17(20)22)18(23)21-9-14(11-2-3-11)15(10-21)19(24)25/h4,6,8,11,14-15H,2-3,5,7,9-10H2,1H3,(H,24,25)/t14-,15+/m1/s1. The first-order valence-corrected chi connectivity index (χ1v) is 8.87. The van der Waals surface area contributed by atoms with Crippen LogP contribution < -0.4 is 4.90 Å². The van der Waals surface area contributed by atoms with Crippen LogP contribution in [0.5, 0.6) is 0 Å². The molecule has 1 N–H and O–H groups in total. The molecule has 2 amide bonds. The number of hydrogen-bond acceptors (Lipinski definition) is 3. The molecular formula is C19H22N2O4. The fraction of sp³-hybridized carbons (Fsp3) is 0.526. The lowest BCUT2D eigenvalue weighted by molar-refractivity contribution is -0.142. The number of fused-ring (bicyclic) bond motifs is 1. The van der Waals surface area contributed by atoms with Gasteiger partial charge in [-0.2, -0.15) is 0 Å². The molecule has 6 nitrogen and oxygen atoms in total. The van der Waals surface area contributed by atoms with E-state index < -0.39 is 11.9 Å². The van der Waals surface area contributed by atoms with Crippen molar-refractivity contribution in [1.82, 2.24) is 4.90 Å². The van der Waals surface area contributed by atoms with E-state index in [0.29, 0.717) is 37.4 Å². The second kappa shape index (κ2) is 5.86. The van der Waals surface area contributed by atoms with Crippen LogP contribution in [-0.4, -0.2) is 47.9 Å². The maximum absolute atomic E-state index is 12.9. The number of amides is 2. The second-order valence-corrected chi connectivity index (χ2v) is 7.45. The molecule has 2 atom stereocenters. The summed E-state index contributed by atoms with van der Waals surface area (Å²) in [5.74, 6) is -0.708. The molecule has 2 fully saturated rings. The number of aliphatic carboxylic acids is 1. The molecule has 1 aliphatic carbocycles. The molecule has 0 unspecified atom stereocenters. The van der Waals surface area contributed by atoms with Crippen molar-refractivity contribution in [2.75, 3.05) is 25.0 Å². The molecule has 1 saturated heterocycles. The van der Waals surface area contributed by atoms with E-state index in [1.54, 1.807) is 22.9 Å². The van der Waals surface area contributed by atoms with Crippen LogP contribution >= 0.6 is 0 Å². The molecule has 2 heterocycles. The van der Waals surface area contributed by atoms with Gasteiger partial charge in [0.1, 0.15) is 0 Å². The third-order valence-electron chi connectivity index (χ3n) is 5.87. The molecule has 0 bridgehead atoms. The summed E-state index contributed by atoms with van der Waals surface area (Å²) in [6.07, 6.45) is 3.25. The van der Waals surface area contributed by atoms with Gasteiger partial charge >= 0.3 is 5.97 Å². The minimum atomic E-state index is -0.794. The topological polar surface area (TPSA) is 77.9 Å². The zero-order chi connectivity index (χ0) is 17.7. The van der Waals surface area contributed by atoms with Gasteiger partial charge in [0.2, 0.25) is 5.91 Å². The fourth-order valence-corrected chi connectivity index (χ4v) is 4.23. The Balaban J connectivity index is 1.55. The SMILES string of the molecule is CN1C(=O)CCc2cc(C(=O)N3C[C@H](C(=O)O)[C@@H](C4CC4)C3)ccc21. The monoisotopic (exact) mass is 342 g/mol. The lowest BCUT2D eigenvalue weighted by Crippen LogP contribution is -2.32. The summed E-state index contributed by atoms with van der Waals surface area (Å²) in [5, 5.41) is 9.47. The molecule has 25 heavy (non-hydrogen) atoms. The van der Waals surface area contributed by atoms with Crippen molar-refractivity contribution in [3.63, 3.8) is 0 Å². The maximum atomic E-state index is 12.9. The lowest BCUT2D eigenvalue weighted by Gasteiger charge is -2.26. The Kier molecular flexibility index (Phi) is 3.78. The Labute approximate surface area is 146 Å². The van der Waals surface area contributed by atoms with E-state index in [9.17, 15) is 19.5 Å². The molecule has 1 aromatic carbocycles. The van der Waals surface area contributed by atoms with Crippen molar-refractivity contribution in [3.8, 4) is 0 Å². The summed E-state index contributed by atoms with van der Waals surface area (Å²) in [7, 11) is 1.75. The molecule has 2 aliphatic heterocycles. The van der Waals surface area contributed by atoms with Gasteiger partial charge in [-0.25, -0.2) is 0 Å². The summed E-state index contributed by atoms with van der Waals surface area (Å²) >= 11 is 0. The number of hydrogen-bond donors (Lipinski definition) is 1.